The first-order chi connectivity index (χ1) is 16.8. The number of benzene rings is 1. The quantitative estimate of drug-likeness (QED) is 0.417. The van der Waals surface area contributed by atoms with Gasteiger partial charge >= 0.3 is 6.61 Å². The molecule has 2 fully saturated rings. The summed E-state index contributed by atoms with van der Waals surface area (Å²) in [6.07, 6.45) is -5.36. The first-order valence-corrected chi connectivity index (χ1v) is 11.4. The lowest BCUT2D eigenvalue weighted by Gasteiger charge is -2.39. The molecule has 2 aliphatic rings. The minimum absolute atomic E-state index is 0.0381. The molecule has 12 heteroatoms. The fourth-order valence-corrected chi connectivity index (χ4v) is 4.38. The third-order valence-electron chi connectivity index (χ3n) is 6.38. The van der Waals surface area contributed by atoms with Crippen LogP contribution in [0.15, 0.2) is 24.3 Å². The van der Waals surface area contributed by atoms with Gasteiger partial charge in [-0.15, -0.1) is 5.10 Å². The fraction of sp³-hybridized carbons (Fsp3) is 0.609. The van der Waals surface area contributed by atoms with Crippen LogP contribution < -0.4 is 9.47 Å². The van der Waals surface area contributed by atoms with Crippen molar-refractivity contribution in [1.29, 1.82) is 0 Å². The van der Waals surface area contributed by atoms with E-state index >= 15 is 0 Å². The zero-order valence-electron chi connectivity index (χ0n) is 19.2. The Morgan fingerprint density at radius 1 is 1.09 bits per heavy atom. The molecule has 3 heterocycles. The number of ether oxygens (including phenoxy) is 4. The Morgan fingerprint density at radius 3 is 2.40 bits per heavy atom. The second-order valence-corrected chi connectivity index (χ2v) is 8.67. The number of aromatic nitrogens is 2. The van der Waals surface area contributed by atoms with Gasteiger partial charge in [0.1, 0.15) is 30.2 Å². The molecule has 2 aromatic rings. The normalized spacial score (nSPS) is 27.8. The molecule has 10 nitrogen and oxygen atoms in total. The van der Waals surface area contributed by atoms with Crippen LogP contribution in [0.1, 0.15) is 35.7 Å². The van der Waals surface area contributed by atoms with E-state index < -0.39 is 43.9 Å². The summed E-state index contributed by atoms with van der Waals surface area (Å²) in [5.74, 6) is 0.197. The van der Waals surface area contributed by atoms with Gasteiger partial charge in [0.05, 0.1) is 12.6 Å². The summed E-state index contributed by atoms with van der Waals surface area (Å²) in [6, 6.07) is 6.26. The van der Waals surface area contributed by atoms with Gasteiger partial charge in [-0.25, -0.2) is 0 Å². The molecule has 2 aliphatic heterocycles. The van der Waals surface area contributed by atoms with Crippen molar-refractivity contribution in [2.75, 3.05) is 19.8 Å². The molecule has 5 atom stereocenters. The van der Waals surface area contributed by atoms with E-state index in [9.17, 15) is 29.2 Å². The first-order valence-electron chi connectivity index (χ1n) is 11.4. The minimum atomic E-state index is -2.92. The van der Waals surface area contributed by atoms with Crippen molar-refractivity contribution in [3.8, 4) is 11.6 Å². The maximum atomic E-state index is 12.5. The number of nitrogens with zero attached hydrogens (tertiary/aromatic N) is 2. The molecule has 0 radical (unpaired) electrons. The van der Waals surface area contributed by atoms with Crippen LogP contribution in [0.4, 0.5) is 8.78 Å². The molecule has 0 unspecified atom stereocenters. The predicted molar refractivity (Wildman–Crippen MR) is 116 cm³/mol. The van der Waals surface area contributed by atoms with Crippen LogP contribution in [-0.2, 0) is 15.9 Å². The summed E-state index contributed by atoms with van der Waals surface area (Å²) >= 11 is 0. The van der Waals surface area contributed by atoms with Crippen molar-refractivity contribution in [2.24, 2.45) is 0 Å². The van der Waals surface area contributed by atoms with E-state index in [1.165, 1.54) is 12.1 Å². The molecule has 0 saturated carbocycles. The van der Waals surface area contributed by atoms with Gasteiger partial charge < -0.3 is 39.4 Å². The zero-order valence-corrected chi connectivity index (χ0v) is 19.2. The Kier molecular flexibility index (Phi) is 8.19. The highest BCUT2D eigenvalue weighted by molar-refractivity contribution is 5.38. The number of hydrogen-bond donors (Lipinski definition) is 4. The Bertz CT molecular complexity index is 965. The lowest BCUT2D eigenvalue weighted by Crippen LogP contribution is -2.60. The number of aliphatic hydroxyl groups excluding tert-OH is 4. The van der Waals surface area contributed by atoms with Crippen LogP contribution >= 0.6 is 0 Å². The molecule has 0 aliphatic carbocycles. The van der Waals surface area contributed by atoms with Crippen LogP contribution in [0.5, 0.6) is 11.6 Å². The van der Waals surface area contributed by atoms with E-state index in [1.807, 2.05) is 11.6 Å². The third kappa shape index (κ3) is 5.74. The Hall–Kier alpha value is -2.35. The molecule has 0 amide bonds. The van der Waals surface area contributed by atoms with Gasteiger partial charge in [-0.1, -0.05) is 12.1 Å². The molecular formula is C23H30F2N2O8. The number of alkyl halides is 2. The third-order valence-corrected chi connectivity index (χ3v) is 6.38. The molecule has 4 rings (SSSR count). The summed E-state index contributed by atoms with van der Waals surface area (Å²) < 4.78 is 48.0. The highest BCUT2D eigenvalue weighted by Crippen LogP contribution is 2.33. The highest BCUT2D eigenvalue weighted by Gasteiger charge is 2.45. The zero-order chi connectivity index (χ0) is 25.1. The maximum Gasteiger partial charge on any atom is 0.387 e. The predicted octanol–water partition coefficient (Wildman–Crippen LogP) is 0.914. The summed E-state index contributed by atoms with van der Waals surface area (Å²) in [4.78, 5) is 0. The topological polar surface area (TPSA) is 136 Å². The summed E-state index contributed by atoms with van der Waals surface area (Å²) in [5.41, 5.74) is 2.26. The van der Waals surface area contributed by atoms with Gasteiger partial charge in [-0.2, -0.15) is 8.78 Å². The van der Waals surface area contributed by atoms with E-state index in [2.05, 4.69) is 9.84 Å². The van der Waals surface area contributed by atoms with Gasteiger partial charge in [-0.3, -0.25) is 4.68 Å². The molecule has 1 aromatic heterocycles. The second kappa shape index (κ2) is 11.1. The average molecular weight is 500 g/mol. The lowest BCUT2D eigenvalue weighted by atomic mass is 9.99. The molecule has 4 N–H and O–H groups in total. The van der Waals surface area contributed by atoms with Crippen LogP contribution in [0.3, 0.4) is 0 Å². The monoisotopic (exact) mass is 500 g/mol. The molecule has 2 saturated heterocycles. The highest BCUT2D eigenvalue weighted by atomic mass is 19.3. The maximum absolute atomic E-state index is 12.5. The van der Waals surface area contributed by atoms with Crippen molar-refractivity contribution in [3.63, 3.8) is 0 Å². The summed E-state index contributed by atoms with van der Waals surface area (Å²) in [7, 11) is 0. The van der Waals surface area contributed by atoms with Gasteiger partial charge in [0, 0.05) is 30.9 Å². The second-order valence-electron chi connectivity index (χ2n) is 8.67. The molecule has 35 heavy (non-hydrogen) atoms. The Morgan fingerprint density at radius 2 is 1.77 bits per heavy atom. The molecule has 0 spiro atoms. The number of aliphatic hydroxyl groups is 4. The lowest BCUT2D eigenvalue weighted by molar-refractivity contribution is -0.278. The SMILES string of the molecule is Cc1c(Cc2ccc(OC(F)F)cc2)c(O[C@@H]2O[C@H](CO)[C@@H](O)[C@H](O)[C@H]2O)nn1C1CCOCC1. The van der Waals surface area contributed by atoms with Crippen LogP contribution in [0, 0.1) is 6.92 Å². The van der Waals surface area contributed by atoms with E-state index in [-0.39, 0.29) is 17.7 Å². The molecule has 0 bridgehead atoms. The van der Waals surface area contributed by atoms with Crippen molar-refractivity contribution in [2.45, 2.75) is 69.5 Å². The van der Waals surface area contributed by atoms with Gasteiger partial charge in [0.2, 0.25) is 12.2 Å². The standard InChI is InChI=1S/C23H30F2N2O8/c1-12-16(10-13-2-4-15(5-3-13)33-23(24)25)21(26-27(12)14-6-8-32-9-7-14)35-22-20(31)19(30)18(29)17(11-28)34-22/h2-5,14,17-20,22-23,28-31H,6-11H2,1H3/t17-,18-,19+,20-,22+/m1/s1. The van der Waals surface area contributed by atoms with Crippen molar-refractivity contribution in [1.82, 2.24) is 9.78 Å². The summed E-state index contributed by atoms with van der Waals surface area (Å²) in [5, 5.41) is 44.7. The van der Waals surface area contributed by atoms with E-state index in [0.29, 0.717) is 25.2 Å². The van der Waals surface area contributed by atoms with E-state index in [1.54, 1.807) is 12.1 Å². The Balaban J connectivity index is 1.62. The molecule has 194 valence electrons. The van der Waals surface area contributed by atoms with Gasteiger partial charge in [0.15, 0.2) is 0 Å². The minimum Gasteiger partial charge on any atom is -0.443 e. The van der Waals surface area contributed by atoms with Crippen molar-refractivity contribution >= 4 is 0 Å². The number of halogens is 2. The van der Waals surface area contributed by atoms with Crippen molar-refractivity contribution in [3.05, 3.63) is 41.1 Å². The largest absolute Gasteiger partial charge is 0.443 e. The van der Waals surface area contributed by atoms with Crippen LogP contribution in [-0.4, -0.2) is 87.3 Å². The smallest absolute Gasteiger partial charge is 0.387 e. The van der Waals surface area contributed by atoms with E-state index in [0.717, 1.165) is 24.1 Å². The van der Waals surface area contributed by atoms with Crippen molar-refractivity contribution < 1.29 is 48.2 Å². The van der Waals surface area contributed by atoms with E-state index in [4.69, 9.17) is 14.2 Å². The molecular weight excluding hydrogens is 470 g/mol. The molecule has 1 aromatic carbocycles. The van der Waals surface area contributed by atoms with Gasteiger partial charge in [-0.05, 0) is 37.5 Å². The number of hydrogen-bond acceptors (Lipinski definition) is 9. The Labute approximate surface area is 200 Å². The number of rotatable bonds is 8. The first kappa shape index (κ1) is 25.7. The average Bonchev–Trinajstić information content (AvgIpc) is 3.15. The summed E-state index contributed by atoms with van der Waals surface area (Å²) in [6.45, 7) is -0.437. The van der Waals surface area contributed by atoms with Crippen LogP contribution in [0.25, 0.3) is 0 Å². The fourth-order valence-electron chi connectivity index (χ4n) is 4.38. The van der Waals surface area contributed by atoms with Gasteiger partial charge in [0.25, 0.3) is 0 Å². The van der Waals surface area contributed by atoms with Crippen LogP contribution in [0.2, 0.25) is 0 Å².